The zero-order valence-electron chi connectivity index (χ0n) is 7.97. The molecule has 0 heterocycles. The van der Waals surface area contributed by atoms with Crippen molar-refractivity contribution in [3.63, 3.8) is 0 Å². The number of carboxylic acid groups (broad SMARTS) is 1. The van der Waals surface area contributed by atoms with Gasteiger partial charge in [-0.25, -0.2) is 17.6 Å². The minimum Gasteiger partial charge on any atom is -0.481 e. The Balaban J connectivity index is 3.08. The third-order valence-electron chi connectivity index (χ3n) is 2.64. The maximum Gasteiger partial charge on any atom is 0.397 e. The number of alkyl halides is 7. The average Bonchev–Trinajstić information content (AvgIpc) is 2.12. The van der Waals surface area contributed by atoms with Gasteiger partial charge in [-0.15, -0.1) is 0 Å². The lowest BCUT2D eigenvalue weighted by Gasteiger charge is -2.38. The summed E-state index contributed by atoms with van der Waals surface area (Å²) < 4.78 is 88.6. The van der Waals surface area contributed by atoms with E-state index in [1.165, 1.54) is 0 Å². The molecule has 0 radical (unpaired) electrons. The van der Waals surface area contributed by atoms with E-state index in [-0.39, 0.29) is 0 Å². The van der Waals surface area contributed by atoms with Crippen LogP contribution in [0.4, 0.5) is 30.7 Å². The van der Waals surface area contributed by atoms with Crippen molar-refractivity contribution in [2.24, 2.45) is 11.8 Å². The number of hydrogen-bond donors (Lipinski definition) is 1. The van der Waals surface area contributed by atoms with Crippen LogP contribution < -0.4 is 0 Å². The molecule has 1 aliphatic carbocycles. The Morgan fingerprint density at radius 2 is 1.24 bits per heavy atom. The molecular weight excluding hydrogens is 261 g/mol. The van der Waals surface area contributed by atoms with Gasteiger partial charge in [-0.1, -0.05) is 0 Å². The quantitative estimate of drug-likeness (QED) is 0.740. The van der Waals surface area contributed by atoms with Crippen LogP contribution in [0, 0.1) is 11.8 Å². The third kappa shape index (κ3) is 2.32. The van der Waals surface area contributed by atoms with E-state index in [1.807, 2.05) is 0 Å². The number of hydrogen-bond acceptors (Lipinski definition) is 1. The first kappa shape index (κ1) is 14.0. The molecule has 4 unspecified atom stereocenters. The second-order valence-electron chi connectivity index (χ2n) is 3.71. The number of carbonyl (C=O) groups is 1. The Labute approximate surface area is 90.4 Å². The van der Waals surface area contributed by atoms with E-state index < -0.39 is 48.7 Å². The van der Waals surface area contributed by atoms with Crippen molar-refractivity contribution in [3.05, 3.63) is 0 Å². The predicted octanol–water partition coefficient (Wildman–Crippen LogP) is 2.23. The molecule has 0 aromatic rings. The van der Waals surface area contributed by atoms with Gasteiger partial charge in [-0.3, -0.25) is 4.79 Å². The first-order valence-corrected chi connectivity index (χ1v) is 4.44. The first-order chi connectivity index (χ1) is 7.59. The molecule has 2 nitrogen and oxygen atoms in total. The predicted molar refractivity (Wildman–Crippen MR) is 40.3 cm³/mol. The fourth-order valence-corrected chi connectivity index (χ4v) is 1.78. The maximum atomic E-state index is 13.0. The van der Waals surface area contributed by atoms with Gasteiger partial charge in [0.2, 0.25) is 0 Å². The van der Waals surface area contributed by atoms with Crippen LogP contribution in [0.5, 0.6) is 0 Å². The van der Waals surface area contributed by atoms with Crippen molar-refractivity contribution < 1.29 is 40.6 Å². The molecule has 0 saturated heterocycles. The van der Waals surface area contributed by atoms with E-state index in [0.717, 1.165) is 0 Å². The minimum atomic E-state index is -5.48. The van der Waals surface area contributed by atoms with E-state index in [9.17, 15) is 35.5 Å². The van der Waals surface area contributed by atoms with Crippen LogP contribution in [0.15, 0.2) is 0 Å². The molecule has 1 aliphatic rings. The minimum absolute atomic E-state index is 2.21. The SMILES string of the molecule is O=C(O)C1C(F)C(F)C(C(F)(F)F)C(F)C1F. The van der Waals surface area contributed by atoms with Crippen LogP contribution in [0.25, 0.3) is 0 Å². The summed E-state index contributed by atoms with van der Waals surface area (Å²) in [4.78, 5) is 10.3. The van der Waals surface area contributed by atoms with Crippen LogP contribution in [0.3, 0.4) is 0 Å². The molecule has 0 bridgehead atoms. The zero-order valence-corrected chi connectivity index (χ0v) is 7.97. The van der Waals surface area contributed by atoms with Gasteiger partial charge >= 0.3 is 12.1 Å². The Morgan fingerprint density at radius 3 is 1.47 bits per heavy atom. The molecule has 0 spiro atoms. The van der Waals surface area contributed by atoms with E-state index in [0.29, 0.717) is 0 Å². The smallest absolute Gasteiger partial charge is 0.397 e. The van der Waals surface area contributed by atoms with E-state index in [1.54, 1.807) is 0 Å². The highest BCUT2D eigenvalue weighted by Gasteiger charge is 2.63. The Bertz CT molecular complexity index is 289. The fourth-order valence-electron chi connectivity index (χ4n) is 1.78. The Kier molecular flexibility index (Phi) is 3.58. The normalized spacial score (nSPS) is 43.5. The number of aliphatic carboxylic acids is 1. The monoisotopic (exact) mass is 268 g/mol. The van der Waals surface area contributed by atoms with Crippen molar-refractivity contribution in [1.82, 2.24) is 0 Å². The highest BCUT2D eigenvalue weighted by molar-refractivity contribution is 5.72. The summed E-state index contributed by atoms with van der Waals surface area (Å²) in [7, 11) is 0. The molecule has 0 aliphatic heterocycles. The summed E-state index contributed by atoms with van der Waals surface area (Å²) in [6.45, 7) is 0. The molecule has 17 heavy (non-hydrogen) atoms. The van der Waals surface area contributed by atoms with Gasteiger partial charge in [-0.2, -0.15) is 13.2 Å². The van der Waals surface area contributed by atoms with Gasteiger partial charge in [0.05, 0.1) is 0 Å². The molecule has 1 saturated carbocycles. The molecule has 9 heteroatoms. The van der Waals surface area contributed by atoms with Crippen LogP contribution in [0.1, 0.15) is 0 Å². The molecule has 1 fully saturated rings. The second kappa shape index (κ2) is 4.34. The van der Waals surface area contributed by atoms with Gasteiger partial charge < -0.3 is 5.11 Å². The lowest BCUT2D eigenvalue weighted by Crippen LogP contribution is -2.58. The van der Waals surface area contributed by atoms with Crippen LogP contribution in [0.2, 0.25) is 0 Å². The summed E-state index contributed by atoms with van der Waals surface area (Å²) in [6.07, 6.45) is -18.8. The zero-order chi connectivity index (χ0) is 13.5. The Hall–Kier alpha value is -1.02. The van der Waals surface area contributed by atoms with Crippen molar-refractivity contribution in [2.75, 3.05) is 0 Å². The second-order valence-corrected chi connectivity index (χ2v) is 3.71. The lowest BCUT2D eigenvalue weighted by atomic mass is 9.76. The summed E-state index contributed by atoms with van der Waals surface area (Å²) in [5, 5.41) is 8.31. The fraction of sp³-hybridized carbons (Fsp3) is 0.875. The molecule has 0 aromatic carbocycles. The molecular formula is C8H7F7O2. The topological polar surface area (TPSA) is 37.3 Å². The first-order valence-electron chi connectivity index (χ1n) is 4.44. The highest BCUT2D eigenvalue weighted by Crippen LogP contribution is 2.45. The Morgan fingerprint density at radius 1 is 0.882 bits per heavy atom. The van der Waals surface area contributed by atoms with Crippen LogP contribution >= 0.6 is 0 Å². The molecule has 0 aromatic heterocycles. The van der Waals surface area contributed by atoms with Gasteiger partial charge in [-0.05, 0) is 0 Å². The third-order valence-corrected chi connectivity index (χ3v) is 2.64. The largest absolute Gasteiger partial charge is 0.481 e. The van der Waals surface area contributed by atoms with E-state index >= 15 is 0 Å². The van der Waals surface area contributed by atoms with Crippen molar-refractivity contribution in [2.45, 2.75) is 30.9 Å². The van der Waals surface area contributed by atoms with Gasteiger partial charge in [0.25, 0.3) is 0 Å². The van der Waals surface area contributed by atoms with Crippen LogP contribution in [-0.4, -0.2) is 41.9 Å². The summed E-state index contributed by atoms with van der Waals surface area (Å²) in [6, 6.07) is 0. The highest BCUT2D eigenvalue weighted by atomic mass is 19.4. The molecule has 1 N–H and O–H groups in total. The molecule has 1 rings (SSSR count). The molecule has 0 amide bonds. The maximum absolute atomic E-state index is 13.0. The van der Waals surface area contributed by atoms with Gasteiger partial charge in [0, 0.05) is 0 Å². The standard InChI is InChI=1S/C8H7F7O2/c9-3-1(7(16)17)4(10)6(12)2(5(3)11)8(13,14)15/h1-6H,(H,16,17). The lowest BCUT2D eigenvalue weighted by molar-refractivity contribution is -0.241. The molecule has 100 valence electrons. The summed E-state index contributed by atoms with van der Waals surface area (Å²) in [5.74, 6) is -8.46. The average molecular weight is 268 g/mol. The van der Waals surface area contributed by atoms with Crippen molar-refractivity contribution in [1.29, 1.82) is 0 Å². The number of rotatable bonds is 1. The van der Waals surface area contributed by atoms with E-state index in [4.69, 9.17) is 5.11 Å². The van der Waals surface area contributed by atoms with Gasteiger partial charge in [0.15, 0.2) is 0 Å². The van der Waals surface area contributed by atoms with E-state index in [2.05, 4.69) is 0 Å². The molecule has 4 atom stereocenters. The summed E-state index contributed by atoms with van der Waals surface area (Å²) in [5.41, 5.74) is 0. The van der Waals surface area contributed by atoms with Crippen molar-refractivity contribution >= 4 is 5.97 Å². The van der Waals surface area contributed by atoms with Crippen molar-refractivity contribution in [3.8, 4) is 0 Å². The van der Waals surface area contributed by atoms with Gasteiger partial charge in [0.1, 0.15) is 36.5 Å². The number of halogens is 7. The number of carboxylic acids is 1. The van der Waals surface area contributed by atoms with Crippen LogP contribution in [-0.2, 0) is 4.79 Å². The summed E-state index contributed by atoms with van der Waals surface area (Å²) >= 11 is 0.